The van der Waals surface area contributed by atoms with Crippen LogP contribution in [0.5, 0.6) is 0 Å². The van der Waals surface area contributed by atoms with E-state index < -0.39 is 37.3 Å². The van der Waals surface area contributed by atoms with Crippen molar-refractivity contribution >= 4 is 17.2 Å². The Morgan fingerprint density at radius 1 is 1.27 bits per heavy atom. The van der Waals surface area contributed by atoms with Gasteiger partial charge in [0.1, 0.15) is 24.4 Å². The monoisotopic (exact) mass is 237 g/mol. The lowest BCUT2D eigenvalue weighted by Gasteiger charge is -2.40. The van der Waals surface area contributed by atoms with Crippen molar-refractivity contribution in [3.8, 4) is 0 Å². The molecule has 7 heteroatoms. The summed E-state index contributed by atoms with van der Waals surface area (Å²) in [6.45, 7) is 1.15. The Balaban J connectivity index is 2.69. The Morgan fingerprint density at radius 3 is 2.33 bits per heavy atom. The fourth-order valence-corrected chi connectivity index (χ4v) is 1.54. The van der Waals surface area contributed by atoms with Gasteiger partial charge in [-0.25, -0.2) is 0 Å². The minimum Gasteiger partial charge on any atom is -0.394 e. The van der Waals surface area contributed by atoms with Crippen molar-refractivity contribution in [2.75, 3.05) is 6.61 Å². The smallest absolute Gasteiger partial charge is 0.157 e. The molecule has 6 nitrogen and oxygen atoms in total. The fourth-order valence-electron chi connectivity index (χ4n) is 1.42. The molecule has 88 valence electrons. The van der Waals surface area contributed by atoms with E-state index >= 15 is 0 Å². The average molecular weight is 237 g/mol. The largest absolute Gasteiger partial charge is 0.394 e. The zero-order valence-electron chi connectivity index (χ0n) is 8.20. The first-order valence-corrected chi connectivity index (χ1v) is 4.95. The number of hydrogen-bond acceptors (Lipinski definition) is 6. The van der Waals surface area contributed by atoms with Gasteiger partial charge >= 0.3 is 0 Å². The number of hydrogen-bond donors (Lipinski definition) is 5. The molecule has 0 aromatic carbocycles. The maximum atomic E-state index is 9.53. The van der Waals surface area contributed by atoms with Crippen molar-refractivity contribution < 1.29 is 25.2 Å². The zero-order valence-corrected chi connectivity index (χ0v) is 9.02. The van der Waals surface area contributed by atoms with E-state index in [9.17, 15) is 15.3 Å². The van der Waals surface area contributed by atoms with E-state index in [0.29, 0.717) is 4.99 Å². The maximum Gasteiger partial charge on any atom is 0.157 e. The molecule has 1 aliphatic rings. The second-order valence-corrected chi connectivity index (χ2v) is 4.06. The summed E-state index contributed by atoms with van der Waals surface area (Å²) in [6, 6.07) is 0. The highest BCUT2D eigenvalue weighted by Crippen LogP contribution is 2.19. The van der Waals surface area contributed by atoms with Gasteiger partial charge in [0.25, 0.3) is 0 Å². The van der Waals surface area contributed by atoms with Crippen molar-refractivity contribution in [2.45, 2.75) is 37.6 Å². The van der Waals surface area contributed by atoms with E-state index in [1.807, 2.05) is 0 Å². The Labute approximate surface area is 92.5 Å². The SMILES string of the molecule is CC(=S)NC1OC(CO)C(O)C(O)C1O. The van der Waals surface area contributed by atoms with Crippen LogP contribution in [0.3, 0.4) is 0 Å². The highest BCUT2D eigenvalue weighted by atomic mass is 32.1. The predicted octanol–water partition coefficient (Wildman–Crippen LogP) is -2.28. The van der Waals surface area contributed by atoms with Crippen LogP contribution in [-0.2, 0) is 4.74 Å². The summed E-state index contributed by atoms with van der Waals surface area (Å²) in [5, 5.41) is 39.9. The first-order chi connectivity index (χ1) is 6.97. The van der Waals surface area contributed by atoms with Gasteiger partial charge in [-0.05, 0) is 6.92 Å². The third kappa shape index (κ3) is 2.83. The highest BCUT2D eigenvalue weighted by molar-refractivity contribution is 7.80. The van der Waals surface area contributed by atoms with Gasteiger partial charge in [-0.2, -0.15) is 0 Å². The van der Waals surface area contributed by atoms with Gasteiger partial charge in [-0.3, -0.25) is 0 Å². The van der Waals surface area contributed by atoms with E-state index in [1.54, 1.807) is 6.92 Å². The van der Waals surface area contributed by atoms with Crippen LogP contribution in [0.2, 0.25) is 0 Å². The molecule has 1 rings (SSSR count). The van der Waals surface area contributed by atoms with Crippen molar-refractivity contribution in [2.24, 2.45) is 0 Å². The molecule has 0 radical (unpaired) electrons. The molecule has 0 aromatic rings. The van der Waals surface area contributed by atoms with Crippen LogP contribution in [0, 0.1) is 0 Å². The molecular formula is C8H15NO5S. The highest BCUT2D eigenvalue weighted by Gasteiger charge is 2.43. The van der Waals surface area contributed by atoms with Crippen LogP contribution in [0.4, 0.5) is 0 Å². The lowest BCUT2D eigenvalue weighted by atomic mass is 9.98. The zero-order chi connectivity index (χ0) is 11.6. The standard InChI is InChI=1S/C8H15NO5S/c1-3(15)9-8-7(13)6(12)5(11)4(2-10)14-8/h4-8,10-13H,2H2,1H3,(H,9,15). The summed E-state index contributed by atoms with van der Waals surface area (Å²) < 4.78 is 5.13. The number of nitrogens with one attached hydrogen (secondary N) is 1. The van der Waals surface area contributed by atoms with Gasteiger partial charge in [0.05, 0.1) is 11.6 Å². The molecule has 1 heterocycles. The molecule has 5 unspecified atom stereocenters. The number of rotatable bonds is 2. The number of aliphatic hydroxyl groups excluding tert-OH is 4. The Bertz CT molecular complexity index is 237. The van der Waals surface area contributed by atoms with Crippen LogP contribution in [0.15, 0.2) is 0 Å². The molecule has 1 saturated heterocycles. The van der Waals surface area contributed by atoms with E-state index in [1.165, 1.54) is 0 Å². The Kier molecular flexibility index (Phi) is 4.38. The quantitative estimate of drug-likeness (QED) is 0.345. The Hall–Kier alpha value is -0.310. The first kappa shape index (κ1) is 12.8. The summed E-state index contributed by atoms with van der Waals surface area (Å²) in [5.41, 5.74) is 0. The van der Waals surface area contributed by atoms with Crippen molar-refractivity contribution in [3.05, 3.63) is 0 Å². The van der Waals surface area contributed by atoms with Gasteiger partial charge in [0.15, 0.2) is 6.23 Å². The summed E-state index contributed by atoms with van der Waals surface area (Å²) in [7, 11) is 0. The summed E-state index contributed by atoms with van der Waals surface area (Å²) in [4.78, 5) is 0.388. The molecule has 15 heavy (non-hydrogen) atoms. The van der Waals surface area contributed by atoms with E-state index in [-0.39, 0.29) is 0 Å². The Morgan fingerprint density at radius 2 is 1.87 bits per heavy atom. The van der Waals surface area contributed by atoms with Gasteiger partial charge < -0.3 is 30.5 Å². The van der Waals surface area contributed by atoms with Crippen molar-refractivity contribution in [1.82, 2.24) is 5.32 Å². The fraction of sp³-hybridized carbons (Fsp3) is 0.875. The number of thiocarbonyl (C=S) groups is 1. The van der Waals surface area contributed by atoms with Crippen LogP contribution in [0.1, 0.15) is 6.92 Å². The summed E-state index contributed by atoms with van der Waals surface area (Å²) >= 11 is 4.76. The van der Waals surface area contributed by atoms with Crippen LogP contribution in [-0.4, -0.2) is 62.7 Å². The summed E-state index contributed by atoms with van der Waals surface area (Å²) in [5.74, 6) is 0. The molecule has 0 aromatic heterocycles. The molecule has 0 bridgehead atoms. The molecule has 5 atom stereocenters. The maximum absolute atomic E-state index is 9.53. The lowest BCUT2D eigenvalue weighted by Crippen LogP contribution is -2.62. The molecule has 1 aliphatic heterocycles. The van der Waals surface area contributed by atoms with Crippen LogP contribution in [0.25, 0.3) is 0 Å². The van der Waals surface area contributed by atoms with Crippen LogP contribution < -0.4 is 5.32 Å². The molecule has 5 N–H and O–H groups in total. The van der Waals surface area contributed by atoms with Crippen molar-refractivity contribution in [3.63, 3.8) is 0 Å². The number of ether oxygens (including phenoxy) is 1. The third-order valence-corrected chi connectivity index (χ3v) is 2.36. The minimum atomic E-state index is -1.37. The first-order valence-electron chi connectivity index (χ1n) is 4.55. The minimum absolute atomic E-state index is 0.388. The predicted molar refractivity (Wildman–Crippen MR) is 55.2 cm³/mol. The van der Waals surface area contributed by atoms with E-state index in [4.69, 9.17) is 22.1 Å². The van der Waals surface area contributed by atoms with Gasteiger partial charge in [-0.15, -0.1) is 0 Å². The average Bonchev–Trinajstić information content (AvgIpc) is 2.18. The molecule has 0 saturated carbocycles. The second kappa shape index (κ2) is 5.15. The molecule has 0 amide bonds. The molecule has 0 aliphatic carbocycles. The third-order valence-electron chi connectivity index (χ3n) is 2.24. The number of aliphatic hydroxyl groups is 4. The summed E-state index contributed by atoms with van der Waals surface area (Å²) in [6.07, 6.45) is -5.83. The second-order valence-electron chi connectivity index (χ2n) is 3.45. The molecule has 1 fully saturated rings. The van der Waals surface area contributed by atoms with Crippen molar-refractivity contribution in [1.29, 1.82) is 0 Å². The normalized spacial score (nSPS) is 41.3. The molecule has 0 spiro atoms. The van der Waals surface area contributed by atoms with Crippen LogP contribution >= 0.6 is 12.2 Å². The van der Waals surface area contributed by atoms with Gasteiger partial charge in [0, 0.05) is 0 Å². The van der Waals surface area contributed by atoms with E-state index in [2.05, 4.69) is 5.32 Å². The molecular weight excluding hydrogens is 222 g/mol. The topological polar surface area (TPSA) is 102 Å². The lowest BCUT2D eigenvalue weighted by molar-refractivity contribution is -0.232. The van der Waals surface area contributed by atoms with Gasteiger partial charge in [-0.1, -0.05) is 12.2 Å². The van der Waals surface area contributed by atoms with Gasteiger partial charge in [0.2, 0.25) is 0 Å². The van der Waals surface area contributed by atoms with E-state index in [0.717, 1.165) is 0 Å².